The van der Waals surface area contributed by atoms with Gasteiger partial charge in [-0.15, -0.1) is 0 Å². The number of hydrogen-bond acceptors (Lipinski definition) is 7. The summed E-state index contributed by atoms with van der Waals surface area (Å²) in [7, 11) is 2.92. The average Bonchev–Trinajstić information content (AvgIpc) is 2.66. The van der Waals surface area contributed by atoms with Crippen molar-refractivity contribution in [1.29, 1.82) is 0 Å². The van der Waals surface area contributed by atoms with Gasteiger partial charge in [-0.05, 0) is 18.2 Å². The number of benzene rings is 2. The van der Waals surface area contributed by atoms with Crippen LogP contribution in [0.1, 0.15) is 10.4 Å². The van der Waals surface area contributed by atoms with Gasteiger partial charge in [0.15, 0.2) is 6.61 Å². The van der Waals surface area contributed by atoms with Gasteiger partial charge >= 0.3 is 5.97 Å². The molecule has 0 fully saturated rings. The minimum absolute atomic E-state index is 0.229. The number of methoxy groups -OCH3 is 2. The fraction of sp³-hybridized carbons (Fsp3) is 0.176. The zero-order valence-electron chi connectivity index (χ0n) is 14.1. The summed E-state index contributed by atoms with van der Waals surface area (Å²) in [5.41, 5.74) is -0.262. The van der Waals surface area contributed by atoms with Crippen molar-refractivity contribution in [1.82, 2.24) is 0 Å². The Balaban J connectivity index is 2.01. The molecule has 1 N–H and O–H groups in total. The number of ether oxygens (including phenoxy) is 3. The van der Waals surface area contributed by atoms with Crippen LogP contribution in [0, 0.1) is 10.1 Å². The third-order valence-electron chi connectivity index (χ3n) is 3.34. The number of anilines is 1. The number of amides is 1. The van der Waals surface area contributed by atoms with Crippen molar-refractivity contribution >= 4 is 23.3 Å². The van der Waals surface area contributed by atoms with E-state index in [0.29, 0.717) is 17.2 Å². The number of nitro groups is 1. The lowest BCUT2D eigenvalue weighted by atomic mass is 10.2. The first kappa shape index (κ1) is 18.7. The summed E-state index contributed by atoms with van der Waals surface area (Å²) in [6, 6.07) is 10.1. The zero-order chi connectivity index (χ0) is 19.1. The predicted molar refractivity (Wildman–Crippen MR) is 91.6 cm³/mol. The summed E-state index contributed by atoms with van der Waals surface area (Å²) in [5, 5.41) is 13.4. The Kier molecular flexibility index (Phi) is 6.10. The molecule has 9 heteroatoms. The summed E-state index contributed by atoms with van der Waals surface area (Å²) in [5.74, 6) is -0.681. The maximum Gasteiger partial charge on any atom is 0.345 e. The largest absolute Gasteiger partial charge is 0.497 e. The smallest absolute Gasteiger partial charge is 0.345 e. The van der Waals surface area contributed by atoms with Gasteiger partial charge in [0.1, 0.15) is 17.1 Å². The van der Waals surface area contributed by atoms with Gasteiger partial charge in [0.05, 0.1) is 24.8 Å². The molecule has 0 atom stereocenters. The molecule has 0 bridgehead atoms. The molecular weight excluding hydrogens is 344 g/mol. The normalized spacial score (nSPS) is 9.92. The number of nitro benzene ring substituents is 1. The van der Waals surface area contributed by atoms with E-state index < -0.39 is 29.1 Å². The molecule has 0 aromatic heterocycles. The molecule has 9 nitrogen and oxygen atoms in total. The van der Waals surface area contributed by atoms with E-state index in [1.54, 1.807) is 18.2 Å². The highest BCUT2D eigenvalue weighted by molar-refractivity contribution is 5.98. The second kappa shape index (κ2) is 8.47. The molecule has 0 heterocycles. The predicted octanol–water partition coefficient (Wildman–Crippen LogP) is 2.41. The molecule has 2 rings (SSSR count). The van der Waals surface area contributed by atoms with Gasteiger partial charge in [0, 0.05) is 12.1 Å². The van der Waals surface area contributed by atoms with Crippen LogP contribution < -0.4 is 14.8 Å². The fourth-order valence-corrected chi connectivity index (χ4v) is 2.10. The number of esters is 1. The van der Waals surface area contributed by atoms with Crippen LogP contribution >= 0.6 is 0 Å². The van der Waals surface area contributed by atoms with Gasteiger partial charge in [0.25, 0.3) is 11.6 Å². The van der Waals surface area contributed by atoms with Crippen molar-refractivity contribution < 1.29 is 28.7 Å². The first-order valence-electron chi connectivity index (χ1n) is 7.38. The lowest BCUT2D eigenvalue weighted by Gasteiger charge is -2.11. The Morgan fingerprint density at radius 1 is 1.12 bits per heavy atom. The van der Waals surface area contributed by atoms with E-state index in [0.717, 1.165) is 0 Å². The van der Waals surface area contributed by atoms with Crippen LogP contribution in [0.5, 0.6) is 11.5 Å². The van der Waals surface area contributed by atoms with Crippen LogP contribution in [-0.4, -0.2) is 37.6 Å². The second-order valence-corrected chi connectivity index (χ2v) is 4.96. The minimum Gasteiger partial charge on any atom is -0.497 e. The Morgan fingerprint density at radius 3 is 2.50 bits per heavy atom. The maximum atomic E-state index is 12.0. The molecule has 0 unspecified atom stereocenters. The number of carbonyl (C=O) groups is 2. The molecule has 0 aliphatic heterocycles. The van der Waals surface area contributed by atoms with Crippen LogP contribution in [0.25, 0.3) is 0 Å². The van der Waals surface area contributed by atoms with Crippen molar-refractivity contribution in [2.75, 3.05) is 26.1 Å². The number of hydrogen-bond donors (Lipinski definition) is 1. The number of nitrogens with one attached hydrogen (secondary N) is 1. The second-order valence-electron chi connectivity index (χ2n) is 4.96. The van der Waals surface area contributed by atoms with Gasteiger partial charge in [-0.1, -0.05) is 12.1 Å². The van der Waals surface area contributed by atoms with Gasteiger partial charge < -0.3 is 19.5 Å². The molecule has 0 saturated carbocycles. The van der Waals surface area contributed by atoms with Crippen LogP contribution in [0.4, 0.5) is 11.4 Å². The van der Waals surface area contributed by atoms with Crippen LogP contribution in [0.15, 0.2) is 42.5 Å². The number of carbonyl (C=O) groups excluding carboxylic acids is 2. The van der Waals surface area contributed by atoms with Crippen LogP contribution in [0.2, 0.25) is 0 Å². The summed E-state index contributed by atoms with van der Waals surface area (Å²) in [6.07, 6.45) is 0. The molecule has 2 aromatic rings. The lowest BCUT2D eigenvalue weighted by molar-refractivity contribution is -0.385. The van der Waals surface area contributed by atoms with E-state index in [4.69, 9.17) is 14.2 Å². The number of nitrogens with zero attached hydrogens (tertiary/aromatic N) is 1. The third-order valence-corrected chi connectivity index (χ3v) is 3.34. The topological polar surface area (TPSA) is 117 Å². The minimum atomic E-state index is -0.964. The Morgan fingerprint density at radius 2 is 1.85 bits per heavy atom. The van der Waals surface area contributed by atoms with E-state index in [2.05, 4.69) is 5.32 Å². The summed E-state index contributed by atoms with van der Waals surface area (Å²) in [4.78, 5) is 34.2. The van der Waals surface area contributed by atoms with Crippen LogP contribution in [-0.2, 0) is 9.53 Å². The molecule has 0 saturated heterocycles. The highest BCUT2D eigenvalue weighted by atomic mass is 16.6. The summed E-state index contributed by atoms with van der Waals surface area (Å²) in [6.45, 7) is -0.611. The van der Waals surface area contributed by atoms with Crippen molar-refractivity contribution in [2.45, 2.75) is 0 Å². The molecular formula is C17H16N2O7. The summed E-state index contributed by atoms with van der Waals surface area (Å²) >= 11 is 0. The van der Waals surface area contributed by atoms with E-state index in [1.165, 1.54) is 38.5 Å². The average molecular weight is 360 g/mol. The number of rotatable bonds is 7. The monoisotopic (exact) mass is 360 g/mol. The maximum absolute atomic E-state index is 12.0. The zero-order valence-corrected chi connectivity index (χ0v) is 14.1. The number of para-hydroxylation sites is 1. The molecule has 2 aromatic carbocycles. The third kappa shape index (κ3) is 4.47. The van der Waals surface area contributed by atoms with Crippen molar-refractivity contribution in [2.24, 2.45) is 0 Å². The van der Waals surface area contributed by atoms with Crippen molar-refractivity contribution in [3.05, 3.63) is 58.1 Å². The molecule has 0 spiro atoms. The molecule has 0 aliphatic carbocycles. The van der Waals surface area contributed by atoms with Gasteiger partial charge in [0.2, 0.25) is 0 Å². The highest BCUT2D eigenvalue weighted by Crippen LogP contribution is 2.29. The molecule has 0 aliphatic rings. The van der Waals surface area contributed by atoms with E-state index in [9.17, 15) is 19.7 Å². The van der Waals surface area contributed by atoms with Gasteiger partial charge in [-0.25, -0.2) is 4.79 Å². The fourth-order valence-electron chi connectivity index (χ4n) is 2.10. The SMILES string of the molecule is COc1ccc(NC(=O)COC(=O)c2ccccc2[N+](=O)[O-])c(OC)c1. The van der Waals surface area contributed by atoms with E-state index >= 15 is 0 Å². The lowest BCUT2D eigenvalue weighted by Crippen LogP contribution is -2.21. The van der Waals surface area contributed by atoms with Crippen LogP contribution in [0.3, 0.4) is 0 Å². The summed E-state index contributed by atoms with van der Waals surface area (Å²) < 4.78 is 15.1. The van der Waals surface area contributed by atoms with E-state index in [-0.39, 0.29) is 5.56 Å². The highest BCUT2D eigenvalue weighted by Gasteiger charge is 2.21. The molecule has 136 valence electrons. The Labute approximate surface area is 148 Å². The van der Waals surface area contributed by atoms with Crippen molar-refractivity contribution in [3.8, 4) is 11.5 Å². The van der Waals surface area contributed by atoms with Gasteiger partial charge in [-0.2, -0.15) is 0 Å². The molecule has 0 radical (unpaired) electrons. The molecule has 26 heavy (non-hydrogen) atoms. The first-order valence-corrected chi connectivity index (χ1v) is 7.38. The molecule has 1 amide bonds. The Bertz CT molecular complexity index is 836. The Hall–Kier alpha value is -3.62. The standard InChI is InChI=1S/C17H16N2O7/c1-24-11-7-8-13(15(9-11)25-2)18-16(20)10-26-17(21)12-5-3-4-6-14(12)19(22)23/h3-9H,10H2,1-2H3,(H,18,20). The van der Waals surface area contributed by atoms with Crippen molar-refractivity contribution in [3.63, 3.8) is 0 Å². The quantitative estimate of drug-likeness (QED) is 0.458. The van der Waals surface area contributed by atoms with E-state index in [1.807, 2.05) is 0 Å². The van der Waals surface area contributed by atoms with Gasteiger partial charge in [-0.3, -0.25) is 14.9 Å². The first-order chi connectivity index (χ1) is 12.5.